The minimum atomic E-state index is 0.789. The van der Waals surface area contributed by atoms with E-state index in [1.807, 2.05) is 27.3 Å². The molecule has 0 saturated carbocycles. The molecule has 0 saturated heterocycles. The predicted molar refractivity (Wildman–Crippen MR) is 46.6 cm³/mol. The fraction of sp³-hybridized carbons (Fsp3) is 0.500. The molecule has 0 bridgehead atoms. The summed E-state index contributed by atoms with van der Waals surface area (Å²) < 4.78 is 1.80. The number of hydrogen-bond acceptors (Lipinski definition) is 4. The van der Waals surface area contributed by atoms with Gasteiger partial charge in [0.2, 0.25) is 5.95 Å². The van der Waals surface area contributed by atoms with E-state index in [9.17, 15) is 0 Å². The van der Waals surface area contributed by atoms with Crippen LogP contribution in [0.3, 0.4) is 0 Å². The summed E-state index contributed by atoms with van der Waals surface area (Å²) in [6.45, 7) is 0. The molecule has 62 valence electrons. The zero-order valence-electron chi connectivity index (χ0n) is 6.97. The van der Waals surface area contributed by atoms with E-state index >= 15 is 0 Å². The lowest BCUT2D eigenvalue weighted by Gasteiger charge is -2.02. The van der Waals surface area contributed by atoms with Crippen LogP contribution >= 0.6 is 0 Å². The van der Waals surface area contributed by atoms with E-state index < -0.39 is 0 Å². The van der Waals surface area contributed by atoms with Crippen molar-refractivity contribution in [3.63, 3.8) is 0 Å². The van der Waals surface area contributed by atoms with Gasteiger partial charge in [0.1, 0.15) is 5.82 Å². The molecular formula is C6H13N5. The highest BCUT2D eigenvalue weighted by molar-refractivity contribution is 5.42. The number of nitrogens with zero attached hydrogens (tertiary/aromatic N) is 2. The number of imidazole rings is 1. The van der Waals surface area contributed by atoms with E-state index in [0.717, 1.165) is 11.8 Å². The SMILES string of the molecule is CNc1cn(NC)c(NC)n1. The maximum absolute atomic E-state index is 4.20. The zero-order chi connectivity index (χ0) is 8.27. The summed E-state index contributed by atoms with van der Waals surface area (Å²) in [6.07, 6.45) is 1.87. The lowest BCUT2D eigenvalue weighted by molar-refractivity contribution is 0.929. The Morgan fingerprint density at radius 1 is 1.27 bits per heavy atom. The molecule has 1 rings (SSSR count). The summed E-state index contributed by atoms with van der Waals surface area (Å²) in [5, 5.41) is 5.90. The van der Waals surface area contributed by atoms with Crippen LogP contribution in [-0.2, 0) is 0 Å². The number of hydrogen-bond donors (Lipinski definition) is 3. The van der Waals surface area contributed by atoms with Gasteiger partial charge in [0.25, 0.3) is 0 Å². The van der Waals surface area contributed by atoms with Crippen molar-refractivity contribution in [2.45, 2.75) is 0 Å². The maximum Gasteiger partial charge on any atom is 0.223 e. The summed E-state index contributed by atoms with van der Waals surface area (Å²) in [6, 6.07) is 0. The Labute approximate surface area is 65.8 Å². The van der Waals surface area contributed by atoms with E-state index in [4.69, 9.17) is 0 Å². The largest absolute Gasteiger partial charge is 0.372 e. The van der Waals surface area contributed by atoms with Gasteiger partial charge < -0.3 is 16.1 Å². The molecule has 1 heterocycles. The van der Waals surface area contributed by atoms with Crippen LogP contribution in [0.2, 0.25) is 0 Å². The van der Waals surface area contributed by atoms with Gasteiger partial charge in [-0.05, 0) is 0 Å². The Kier molecular flexibility index (Phi) is 2.20. The average Bonchev–Trinajstić information content (AvgIpc) is 2.46. The molecule has 1 aromatic rings. The highest BCUT2D eigenvalue weighted by atomic mass is 15.5. The monoisotopic (exact) mass is 155 g/mol. The first-order valence-electron chi connectivity index (χ1n) is 3.44. The second-order valence-electron chi connectivity index (χ2n) is 2.04. The molecule has 5 nitrogen and oxygen atoms in total. The molecule has 1 aromatic heterocycles. The molecule has 5 heteroatoms. The van der Waals surface area contributed by atoms with Gasteiger partial charge >= 0.3 is 0 Å². The second kappa shape index (κ2) is 3.14. The molecule has 0 aromatic carbocycles. The molecule has 0 unspecified atom stereocenters. The first-order chi connectivity index (χ1) is 5.31. The van der Waals surface area contributed by atoms with E-state index in [1.165, 1.54) is 0 Å². The van der Waals surface area contributed by atoms with E-state index in [-0.39, 0.29) is 0 Å². The fourth-order valence-electron chi connectivity index (χ4n) is 0.848. The van der Waals surface area contributed by atoms with Crippen molar-refractivity contribution in [3.05, 3.63) is 6.20 Å². The normalized spacial score (nSPS) is 9.36. The lowest BCUT2D eigenvalue weighted by Crippen LogP contribution is -2.10. The third-order valence-electron chi connectivity index (χ3n) is 1.43. The number of rotatable bonds is 3. The van der Waals surface area contributed by atoms with Crippen molar-refractivity contribution in [1.82, 2.24) is 9.66 Å². The minimum Gasteiger partial charge on any atom is -0.372 e. The van der Waals surface area contributed by atoms with Gasteiger partial charge in [-0.2, -0.15) is 4.98 Å². The summed E-state index contributed by atoms with van der Waals surface area (Å²) in [7, 11) is 5.50. The van der Waals surface area contributed by atoms with Gasteiger partial charge in [-0.15, -0.1) is 0 Å². The zero-order valence-corrected chi connectivity index (χ0v) is 6.97. The summed E-state index contributed by atoms with van der Waals surface area (Å²) in [5.41, 5.74) is 2.95. The minimum absolute atomic E-state index is 0.789. The Morgan fingerprint density at radius 2 is 2.00 bits per heavy atom. The van der Waals surface area contributed by atoms with Crippen LogP contribution in [0.15, 0.2) is 6.20 Å². The van der Waals surface area contributed by atoms with E-state index in [1.54, 1.807) is 4.68 Å². The molecule has 3 N–H and O–H groups in total. The van der Waals surface area contributed by atoms with Crippen molar-refractivity contribution in [1.29, 1.82) is 0 Å². The third-order valence-corrected chi connectivity index (χ3v) is 1.43. The van der Waals surface area contributed by atoms with Crippen LogP contribution < -0.4 is 16.1 Å². The van der Waals surface area contributed by atoms with Crippen LogP contribution in [0.25, 0.3) is 0 Å². The molecular weight excluding hydrogens is 142 g/mol. The number of nitrogens with one attached hydrogen (secondary N) is 3. The van der Waals surface area contributed by atoms with Crippen LogP contribution in [0.5, 0.6) is 0 Å². The van der Waals surface area contributed by atoms with Gasteiger partial charge in [0.05, 0.1) is 6.20 Å². The molecule has 11 heavy (non-hydrogen) atoms. The average molecular weight is 155 g/mol. The van der Waals surface area contributed by atoms with Gasteiger partial charge in [-0.1, -0.05) is 0 Å². The quantitative estimate of drug-likeness (QED) is 0.581. The molecule has 0 aliphatic heterocycles. The van der Waals surface area contributed by atoms with Crippen LogP contribution in [-0.4, -0.2) is 30.8 Å². The summed E-state index contributed by atoms with van der Waals surface area (Å²) in [5.74, 6) is 1.63. The Hall–Kier alpha value is -1.39. The standard InChI is InChI=1S/C6H13N5/c1-7-5-4-11(9-3)6(8-2)10-5/h4,7,9H,1-3H3,(H,8,10). The van der Waals surface area contributed by atoms with Crippen LogP contribution in [0.1, 0.15) is 0 Å². The number of aromatic nitrogens is 2. The van der Waals surface area contributed by atoms with Crippen molar-refractivity contribution in [3.8, 4) is 0 Å². The van der Waals surface area contributed by atoms with Crippen molar-refractivity contribution in [2.75, 3.05) is 37.2 Å². The number of anilines is 2. The van der Waals surface area contributed by atoms with Crippen molar-refractivity contribution >= 4 is 11.8 Å². The van der Waals surface area contributed by atoms with E-state index in [0.29, 0.717) is 0 Å². The van der Waals surface area contributed by atoms with Gasteiger partial charge in [0, 0.05) is 21.1 Å². The third kappa shape index (κ3) is 1.36. The molecule has 0 amide bonds. The maximum atomic E-state index is 4.20. The first-order valence-corrected chi connectivity index (χ1v) is 3.44. The predicted octanol–water partition coefficient (Wildman–Crippen LogP) is 0.140. The highest BCUT2D eigenvalue weighted by Gasteiger charge is 2.01. The fourth-order valence-corrected chi connectivity index (χ4v) is 0.848. The highest BCUT2D eigenvalue weighted by Crippen LogP contribution is 2.08. The Balaban J connectivity index is 2.92. The molecule has 0 radical (unpaired) electrons. The molecule has 0 fully saturated rings. The second-order valence-corrected chi connectivity index (χ2v) is 2.04. The van der Waals surface area contributed by atoms with Crippen molar-refractivity contribution < 1.29 is 0 Å². The first kappa shape index (κ1) is 7.71. The molecule has 0 spiro atoms. The van der Waals surface area contributed by atoms with Gasteiger partial charge in [-0.3, -0.25) is 0 Å². The smallest absolute Gasteiger partial charge is 0.223 e. The summed E-state index contributed by atoms with van der Waals surface area (Å²) in [4.78, 5) is 4.20. The molecule has 0 aliphatic carbocycles. The Bertz CT molecular complexity index is 207. The van der Waals surface area contributed by atoms with Crippen molar-refractivity contribution in [2.24, 2.45) is 0 Å². The van der Waals surface area contributed by atoms with Gasteiger partial charge in [0.15, 0.2) is 0 Å². The summed E-state index contributed by atoms with van der Waals surface area (Å²) >= 11 is 0. The topological polar surface area (TPSA) is 53.9 Å². The van der Waals surface area contributed by atoms with Crippen LogP contribution in [0.4, 0.5) is 11.8 Å². The van der Waals surface area contributed by atoms with E-state index in [2.05, 4.69) is 21.0 Å². The lowest BCUT2D eigenvalue weighted by atomic mass is 10.8. The Morgan fingerprint density at radius 3 is 2.36 bits per heavy atom. The molecule has 0 atom stereocenters. The molecule has 0 aliphatic rings. The van der Waals surface area contributed by atoms with Crippen LogP contribution in [0, 0.1) is 0 Å². The van der Waals surface area contributed by atoms with Gasteiger partial charge in [-0.25, -0.2) is 4.68 Å².